The van der Waals surface area contributed by atoms with Gasteiger partial charge in [0.2, 0.25) is 0 Å². The quantitative estimate of drug-likeness (QED) is 0.175. The number of aromatic hydroxyl groups is 1. The van der Waals surface area contributed by atoms with Crippen LogP contribution in [-0.2, 0) is 26.5 Å². The molecular formula is C46H34N3O2Pt-. The SMILES string of the molecule is CC(C)(C)c1ccc(-n2c(-c3ccccc3O)nc3c(-c4[c-]c(-c5cc6c(cn5)oc5ccccc56)ccc4)cccc32)c(-c2ccccc2)c1.[Pt]. The van der Waals surface area contributed by atoms with E-state index in [1.54, 1.807) is 12.3 Å². The number of benzene rings is 6. The summed E-state index contributed by atoms with van der Waals surface area (Å²) in [5, 5.41) is 13.3. The summed E-state index contributed by atoms with van der Waals surface area (Å²) in [4.78, 5) is 10.1. The number of hydrogen-bond donors (Lipinski definition) is 1. The molecule has 0 radical (unpaired) electrons. The van der Waals surface area contributed by atoms with E-state index in [1.165, 1.54) is 5.56 Å². The Kier molecular flexibility index (Phi) is 8.40. The minimum atomic E-state index is -0.0439. The summed E-state index contributed by atoms with van der Waals surface area (Å²) in [5.74, 6) is 0.830. The predicted molar refractivity (Wildman–Crippen MR) is 207 cm³/mol. The summed E-state index contributed by atoms with van der Waals surface area (Å²) < 4.78 is 8.22. The van der Waals surface area contributed by atoms with E-state index in [0.29, 0.717) is 11.4 Å². The molecule has 0 aliphatic heterocycles. The van der Waals surface area contributed by atoms with Crippen LogP contribution in [0.4, 0.5) is 0 Å². The first-order chi connectivity index (χ1) is 24.8. The molecule has 0 aliphatic rings. The van der Waals surface area contributed by atoms with Gasteiger partial charge in [0, 0.05) is 43.1 Å². The molecular weight excluding hydrogens is 822 g/mol. The number of rotatable bonds is 5. The first-order valence-corrected chi connectivity index (χ1v) is 17.1. The second-order valence-corrected chi connectivity index (χ2v) is 14.0. The van der Waals surface area contributed by atoms with Gasteiger partial charge in [0.05, 0.1) is 28.5 Å². The van der Waals surface area contributed by atoms with Crippen molar-refractivity contribution in [2.24, 2.45) is 0 Å². The molecule has 0 saturated carbocycles. The Hall–Kier alpha value is -5.77. The zero-order chi connectivity index (χ0) is 34.7. The molecule has 1 N–H and O–H groups in total. The first-order valence-electron chi connectivity index (χ1n) is 17.1. The van der Waals surface area contributed by atoms with Gasteiger partial charge in [-0.2, -0.15) is 0 Å². The molecule has 9 rings (SSSR count). The smallest absolute Gasteiger partial charge is 0.152 e. The fourth-order valence-corrected chi connectivity index (χ4v) is 7.00. The fourth-order valence-electron chi connectivity index (χ4n) is 7.00. The normalized spacial score (nSPS) is 11.7. The summed E-state index contributed by atoms with van der Waals surface area (Å²) in [6, 6.07) is 50.8. The molecule has 5 nitrogen and oxygen atoms in total. The first kappa shape index (κ1) is 33.4. The van der Waals surface area contributed by atoms with Gasteiger partial charge in [-0.15, -0.1) is 29.8 Å². The third-order valence-corrected chi connectivity index (χ3v) is 9.64. The average molecular weight is 856 g/mol. The molecule has 0 aliphatic carbocycles. The molecule has 0 saturated heterocycles. The Labute approximate surface area is 316 Å². The van der Waals surface area contributed by atoms with Crippen LogP contribution >= 0.6 is 0 Å². The zero-order valence-electron chi connectivity index (χ0n) is 28.9. The molecule has 256 valence electrons. The van der Waals surface area contributed by atoms with Crippen molar-refractivity contribution in [3.05, 3.63) is 157 Å². The molecule has 0 unspecified atom stereocenters. The van der Waals surface area contributed by atoms with Crippen molar-refractivity contribution < 1.29 is 30.6 Å². The van der Waals surface area contributed by atoms with Crippen molar-refractivity contribution in [1.82, 2.24) is 14.5 Å². The Morgan fingerprint density at radius 1 is 0.654 bits per heavy atom. The topological polar surface area (TPSA) is 64.1 Å². The number of hydrogen-bond acceptors (Lipinski definition) is 4. The van der Waals surface area contributed by atoms with Crippen LogP contribution in [0.2, 0.25) is 0 Å². The van der Waals surface area contributed by atoms with Gasteiger partial charge in [0.25, 0.3) is 0 Å². The summed E-state index contributed by atoms with van der Waals surface area (Å²) in [7, 11) is 0. The number of furan rings is 1. The van der Waals surface area contributed by atoms with E-state index in [4.69, 9.17) is 14.4 Å². The maximum absolute atomic E-state index is 11.2. The Morgan fingerprint density at radius 2 is 1.38 bits per heavy atom. The molecule has 0 amide bonds. The standard InChI is InChI=1S/C46H34N3O2.Pt/c1-46(2,3)32-23-24-39(36(26-32)29-13-5-4-6-14-29)49-40-20-12-19-33(44(40)48-45(49)35-18-7-9-21-41(35)50)30-15-11-16-31(25-30)38-27-37-34-17-8-10-22-42(34)51-43(37)28-47-38;/h4-24,26-28,50H,1-3H3;/q-1;. The van der Waals surface area contributed by atoms with Crippen LogP contribution in [0.15, 0.2) is 150 Å². The summed E-state index contributed by atoms with van der Waals surface area (Å²) in [6.45, 7) is 6.70. The van der Waals surface area contributed by atoms with Gasteiger partial charge in [-0.3, -0.25) is 9.55 Å². The van der Waals surface area contributed by atoms with Gasteiger partial charge < -0.3 is 9.52 Å². The van der Waals surface area contributed by atoms with Gasteiger partial charge in [-0.1, -0.05) is 117 Å². The summed E-state index contributed by atoms with van der Waals surface area (Å²) in [6.07, 6.45) is 1.79. The van der Waals surface area contributed by atoms with Gasteiger partial charge >= 0.3 is 0 Å². The van der Waals surface area contributed by atoms with Crippen LogP contribution in [0.25, 0.3) is 83.6 Å². The molecule has 6 heteroatoms. The monoisotopic (exact) mass is 855 g/mol. The number of imidazole rings is 1. The molecule has 3 aromatic heterocycles. The van der Waals surface area contributed by atoms with E-state index >= 15 is 0 Å². The summed E-state index contributed by atoms with van der Waals surface area (Å²) >= 11 is 0. The van der Waals surface area contributed by atoms with Crippen LogP contribution in [0, 0.1) is 6.07 Å². The third kappa shape index (κ3) is 5.72. The molecule has 0 spiro atoms. The molecule has 0 bridgehead atoms. The maximum atomic E-state index is 11.2. The number of nitrogens with zero attached hydrogens (tertiary/aromatic N) is 3. The number of phenols is 1. The van der Waals surface area contributed by atoms with Crippen LogP contribution in [0.5, 0.6) is 5.75 Å². The van der Waals surface area contributed by atoms with Crippen LogP contribution in [0.1, 0.15) is 26.3 Å². The molecule has 3 heterocycles. The Morgan fingerprint density at radius 3 is 2.21 bits per heavy atom. The minimum Gasteiger partial charge on any atom is -0.507 e. The van der Waals surface area contributed by atoms with Crippen molar-refractivity contribution >= 4 is 33.0 Å². The minimum absolute atomic E-state index is 0. The fraction of sp³-hybridized carbons (Fsp3) is 0.0870. The van der Waals surface area contributed by atoms with Crippen molar-refractivity contribution in [1.29, 1.82) is 0 Å². The second kappa shape index (κ2) is 13.1. The van der Waals surface area contributed by atoms with Crippen molar-refractivity contribution in [2.75, 3.05) is 0 Å². The van der Waals surface area contributed by atoms with E-state index in [0.717, 1.165) is 72.2 Å². The molecule has 52 heavy (non-hydrogen) atoms. The molecule has 0 fully saturated rings. The van der Waals surface area contributed by atoms with Crippen molar-refractivity contribution in [3.63, 3.8) is 0 Å². The largest absolute Gasteiger partial charge is 0.507 e. The number of aromatic nitrogens is 3. The van der Waals surface area contributed by atoms with E-state index in [1.807, 2.05) is 54.6 Å². The second-order valence-electron chi connectivity index (χ2n) is 14.0. The average Bonchev–Trinajstić information content (AvgIpc) is 3.73. The summed E-state index contributed by atoms with van der Waals surface area (Å²) in [5.41, 5.74) is 11.9. The van der Waals surface area contributed by atoms with Gasteiger partial charge in [0.15, 0.2) is 5.58 Å². The van der Waals surface area contributed by atoms with Crippen LogP contribution in [0.3, 0.4) is 0 Å². The number of fused-ring (bicyclic) bond motifs is 4. The molecule has 0 atom stereocenters. The molecule has 6 aromatic carbocycles. The van der Waals surface area contributed by atoms with E-state index in [-0.39, 0.29) is 32.2 Å². The molecule has 9 aromatic rings. The van der Waals surface area contributed by atoms with E-state index in [2.05, 4.69) is 110 Å². The number of phenolic OH excluding ortho intramolecular Hbond substituents is 1. The van der Waals surface area contributed by atoms with Gasteiger partial charge in [-0.05, 0) is 52.9 Å². The van der Waals surface area contributed by atoms with Gasteiger partial charge in [0.1, 0.15) is 17.2 Å². The third-order valence-electron chi connectivity index (χ3n) is 9.64. The Bertz CT molecular complexity index is 2760. The Balaban J connectivity index is 0.00000387. The van der Waals surface area contributed by atoms with Gasteiger partial charge in [-0.25, -0.2) is 4.98 Å². The van der Waals surface area contributed by atoms with Crippen molar-refractivity contribution in [3.8, 4) is 56.3 Å². The zero-order valence-corrected chi connectivity index (χ0v) is 31.1. The number of pyridine rings is 1. The maximum Gasteiger partial charge on any atom is 0.152 e. The van der Waals surface area contributed by atoms with Crippen LogP contribution in [-0.4, -0.2) is 19.6 Å². The van der Waals surface area contributed by atoms with E-state index in [9.17, 15) is 5.11 Å². The number of para-hydroxylation sites is 3. The van der Waals surface area contributed by atoms with Crippen molar-refractivity contribution in [2.45, 2.75) is 26.2 Å². The van der Waals surface area contributed by atoms with E-state index < -0.39 is 0 Å². The predicted octanol–water partition coefficient (Wildman–Crippen LogP) is 11.8. The van der Waals surface area contributed by atoms with Crippen LogP contribution < -0.4 is 0 Å².